The smallest absolute Gasteiger partial charge is 0.393 e. The Morgan fingerprint density at radius 1 is 0.731 bits per heavy atom. The summed E-state index contributed by atoms with van der Waals surface area (Å²) in [5.74, 6) is -2.69. The summed E-state index contributed by atoms with van der Waals surface area (Å²) in [5, 5.41) is 27.6. The standard InChI is InChI=1S/C15H21O10P/c1-4-10(19)13(7-16)23-26(22,24-14(8-17)11(20)5-2)25-15(9-18)12(21)6-3/h4-6,13-18H,1-3,7-9H2. The van der Waals surface area contributed by atoms with Crippen molar-refractivity contribution in [1.82, 2.24) is 0 Å². The van der Waals surface area contributed by atoms with Gasteiger partial charge in [-0.05, 0) is 18.2 Å². The summed E-state index contributed by atoms with van der Waals surface area (Å²) < 4.78 is 27.3. The Hall–Kier alpha value is -1.78. The second-order valence-electron chi connectivity index (χ2n) is 4.60. The predicted molar refractivity (Wildman–Crippen MR) is 89.1 cm³/mol. The summed E-state index contributed by atoms with van der Waals surface area (Å²) in [6.07, 6.45) is -2.97. The van der Waals surface area contributed by atoms with E-state index in [2.05, 4.69) is 19.7 Å². The number of carbonyl (C=O) groups is 3. The maximum absolute atomic E-state index is 12.8. The van der Waals surface area contributed by atoms with Crippen molar-refractivity contribution in [2.24, 2.45) is 0 Å². The van der Waals surface area contributed by atoms with Crippen molar-refractivity contribution >= 4 is 25.2 Å². The van der Waals surface area contributed by atoms with Gasteiger partial charge in [-0.3, -0.25) is 28.0 Å². The Kier molecular flexibility index (Phi) is 11.0. The summed E-state index contributed by atoms with van der Waals surface area (Å²) in [6, 6.07) is 0. The number of hydrogen-bond donors (Lipinski definition) is 3. The lowest BCUT2D eigenvalue weighted by atomic mass is 10.2. The summed E-state index contributed by atoms with van der Waals surface area (Å²) >= 11 is 0. The van der Waals surface area contributed by atoms with Crippen LogP contribution in [0.3, 0.4) is 0 Å². The summed E-state index contributed by atoms with van der Waals surface area (Å²) in [4.78, 5) is 34.8. The Balaban J connectivity index is 5.77. The Morgan fingerprint density at radius 2 is 0.962 bits per heavy atom. The van der Waals surface area contributed by atoms with Gasteiger partial charge in [0.2, 0.25) is 0 Å². The lowest BCUT2D eigenvalue weighted by Crippen LogP contribution is -2.33. The van der Waals surface area contributed by atoms with E-state index in [1.807, 2.05) is 0 Å². The maximum Gasteiger partial charge on any atom is 0.477 e. The molecule has 0 bridgehead atoms. The summed E-state index contributed by atoms with van der Waals surface area (Å²) in [7, 11) is -4.92. The molecule has 0 aliphatic rings. The highest BCUT2D eigenvalue weighted by atomic mass is 31.2. The highest BCUT2D eigenvalue weighted by Crippen LogP contribution is 2.53. The molecule has 0 fully saturated rings. The number of carbonyl (C=O) groups excluding carboxylic acids is 3. The molecule has 0 radical (unpaired) electrons. The first-order valence-electron chi connectivity index (χ1n) is 7.18. The van der Waals surface area contributed by atoms with Gasteiger partial charge in [0.05, 0.1) is 19.8 Å². The fourth-order valence-electron chi connectivity index (χ4n) is 1.46. The van der Waals surface area contributed by atoms with Crippen LogP contribution in [0.5, 0.6) is 0 Å². The van der Waals surface area contributed by atoms with Gasteiger partial charge in [0.25, 0.3) is 0 Å². The van der Waals surface area contributed by atoms with Gasteiger partial charge in [-0.1, -0.05) is 19.7 Å². The van der Waals surface area contributed by atoms with Crippen LogP contribution in [0.1, 0.15) is 0 Å². The van der Waals surface area contributed by atoms with Crippen LogP contribution in [0.25, 0.3) is 0 Å². The molecule has 0 aromatic carbocycles. The van der Waals surface area contributed by atoms with Gasteiger partial charge < -0.3 is 15.3 Å². The van der Waals surface area contributed by atoms with Gasteiger partial charge in [0.1, 0.15) is 0 Å². The van der Waals surface area contributed by atoms with Crippen molar-refractivity contribution < 1.29 is 47.8 Å². The van der Waals surface area contributed by atoms with Gasteiger partial charge >= 0.3 is 7.82 Å². The van der Waals surface area contributed by atoms with Crippen molar-refractivity contribution in [3.8, 4) is 0 Å². The van der Waals surface area contributed by atoms with E-state index in [4.69, 9.17) is 13.6 Å². The molecule has 3 N–H and O–H groups in total. The van der Waals surface area contributed by atoms with Crippen LogP contribution in [-0.4, -0.2) is 70.8 Å². The zero-order valence-electron chi connectivity index (χ0n) is 13.9. The van der Waals surface area contributed by atoms with Crippen molar-refractivity contribution in [2.45, 2.75) is 18.3 Å². The van der Waals surface area contributed by atoms with Crippen LogP contribution in [0, 0.1) is 0 Å². The van der Waals surface area contributed by atoms with Crippen molar-refractivity contribution in [2.75, 3.05) is 19.8 Å². The Bertz CT molecular complexity index is 518. The van der Waals surface area contributed by atoms with Crippen LogP contribution < -0.4 is 0 Å². The molecule has 0 saturated carbocycles. The molecule has 0 heterocycles. The van der Waals surface area contributed by atoms with E-state index in [9.17, 15) is 34.3 Å². The number of phosphoric acid groups is 1. The number of phosphoric ester groups is 1. The summed E-state index contributed by atoms with van der Waals surface area (Å²) in [6.45, 7) is 6.63. The fourth-order valence-corrected chi connectivity index (χ4v) is 3.06. The van der Waals surface area contributed by atoms with Crippen LogP contribution in [0.4, 0.5) is 0 Å². The molecule has 3 atom stereocenters. The Morgan fingerprint density at radius 3 is 1.12 bits per heavy atom. The molecule has 0 spiro atoms. The Labute approximate surface area is 150 Å². The van der Waals surface area contributed by atoms with E-state index < -0.39 is 63.3 Å². The number of aliphatic hydroxyl groups excluding tert-OH is 3. The molecule has 10 nitrogen and oxygen atoms in total. The van der Waals surface area contributed by atoms with Crippen molar-refractivity contribution in [3.63, 3.8) is 0 Å². The second-order valence-corrected chi connectivity index (χ2v) is 6.12. The molecule has 0 amide bonds. The third-order valence-electron chi connectivity index (χ3n) is 2.82. The van der Waals surface area contributed by atoms with Crippen LogP contribution >= 0.6 is 7.82 Å². The molecule has 0 aliphatic carbocycles. The first kappa shape index (κ1) is 24.2. The second kappa shape index (κ2) is 11.8. The molecule has 0 aliphatic heterocycles. The minimum Gasteiger partial charge on any atom is -0.393 e. The third-order valence-corrected chi connectivity index (χ3v) is 4.36. The lowest BCUT2D eigenvalue weighted by molar-refractivity contribution is -0.129. The van der Waals surface area contributed by atoms with Gasteiger partial charge in [0, 0.05) is 0 Å². The van der Waals surface area contributed by atoms with Crippen LogP contribution in [0.2, 0.25) is 0 Å². The topological polar surface area (TPSA) is 157 Å². The zero-order chi connectivity index (χ0) is 20.3. The predicted octanol–water partition coefficient (Wildman–Crippen LogP) is -0.508. The van der Waals surface area contributed by atoms with Gasteiger partial charge in [-0.15, -0.1) is 0 Å². The van der Waals surface area contributed by atoms with E-state index in [1.165, 1.54) is 0 Å². The molecule has 3 unspecified atom stereocenters. The normalized spacial score (nSPS) is 16.6. The van der Waals surface area contributed by atoms with Crippen LogP contribution in [0.15, 0.2) is 38.0 Å². The van der Waals surface area contributed by atoms with Gasteiger partial charge in [-0.2, -0.15) is 0 Å². The number of aliphatic hydroxyl groups is 3. The van der Waals surface area contributed by atoms with E-state index >= 15 is 0 Å². The van der Waals surface area contributed by atoms with Gasteiger partial charge in [0.15, 0.2) is 35.7 Å². The van der Waals surface area contributed by atoms with E-state index in [0.29, 0.717) is 0 Å². The lowest BCUT2D eigenvalue weighted by Gasteiger charge is -2.26. The molecule has 0 saturated heterocycles. The molecule has 0 aromatic rings. The van der Waals surface area contributed by atoms with Crippen molar-refractivity contribution in [3.05, 3.63) is 38.0 Å². The number of rotatable bonds is 15. The molecule has 26 heavy (non-hydrogen) atoms. The minimum atomic E-state index is -4.92. The number of hydrogen-bond acceptors (Lipinski definition) is 10. The van der Waals surface area contributed by atoms with Crippen molar-refractivity contribution in [1.29, 1.82) is 0 Å². The van der Waals surface area contributed by atoms with E-state index in [1.54, 1.807) is 0 Å². The fraction of sp³-hybridized carbons (Fsp3) is 0.400. The quantitative estimate of drug-likeness (QED) is 0.245. The average Bonchev–Trinajstić information content (AvgIpc) is 2.66. The van der Waals surface area contributed by atoms with E-state index in [-0.39, 0.29) is 0 Å². The molecular formula is C15H21O10P. The number of ketones is 3. The average molecular weight is 392 g/mol. The van der Waals surface area contributed by atoms with E-state index in [0.717, 1.165) is 18.2 Å². The summed E-state index contributed by atoms with van der Waals surface area (Å²) in [5.41, 5.74) is 0. The maximum atomic E-state index is 12.8. The largest absolute Gasteiger partial charge is 0.477 e. The first-order chi connectivity index (χ1) is 12.2. The first-order valence-corrected chi connectivity index (χ1v) is 8.64. The highest BCUT2D eigenvalue weighted by molar-refractivity contribution is 7.48. The molecule has 0 rings (SSSR count). The van der Waals surface area contributed by atoms with Gasteiger partial charge in [-0.25, -0.2) is 4.57 Å². The minimum absolute atomic E-state index is 0.766. The molecular weight excluding hydrogens is 371 g/mol. The molecule has 11 heteroatoms. The zero-order valence-corrected chi connectivity index (χ0v) is 14.7. The molecule has 146 valence electrons. The SMILES string of the molecule is C=CC(=O)C(CO)OP(=O)(OC(CO)C(=O)C=C)OC(CO)C(=O)C=C. The van der Waals surface area contributed by atoms with Crippen LogP contribution in [-0.2, 0) is 32.5 Å². The highest BCUT2D eigenvalue weighted by Gasteiger charge is 2.40. The monoisotopic (exact) mass is 392 g/mol. The molecule has 0 aromatic heterocycles. The third kappa shape index (κ3) is 7.22.